The molecule has 0 unspecified atom stereocenters. The number of rotatable bonds is 14. The number of benzene rings is 3. The lowest BCUT2D eigenvalue weighted by Gasteiger charge is -2.32. The van der Waals surface area contributed by atoms with Gasteiger partial charge in [-0.1, -0.05) is 72.8 Å². The quantitative estimate of drug-likeness (QED) is 0.142. The molecule has 1 aliphatic rings. The Balaban J connectivity index is 0.000000980. The van der Waals surface area contributed by atoms with Crippen LogP contribution in [0.25, 0.3) is 0 Å². The van der Waals surface area contributed by atoms with Gasteiger partial charge in [-0.05, 0) is 48.1 Å². The molecule has 4 atom stereocenters. The zero-order valence-electron chi connectivity index (χ0n) is 29.0. The van der Waals surface area contributed by atoms with Crippen molar-refractivity contribution < 1.29 is 52.5 Å². The molecule has 1 fully saturated rings. The molecule has 1 heterocycles. The third kappa shape index (κ3) is 12.9. The summed E-state index contributed by atoms with van der Waals surface area (Å²) in [4.78, 5) is 66.3. The second kappa shape index (κ2) is 19.9. The molecular formula is C37H44F3N5O8. The van der Waals surface area contributed by atoms with Crippen molar-refractivity contribution in [3.8, 4) is 5.75 Å². The molecule has 0 radical (unpaired) electrons. The van der Waals surface area contributed by atoms with Crippen LogP contribution in [0.3, 0.4) is 0 Å². The number of hydrogen-bond donors (Lipinski definition) is 6. The summed E-state index contributed by atoms with van der Waals surface area (Å²) in [5.41, 5.74) is 8.72. The summed E-state index contributed by atoms with van der Waals surface area (Å²) in [5, 5.41) is 31.5. The molecule has 3 aromatic carbocycles. The number of alkyl halides is 3. The number of likely N-dealkylation sites (N-methyl/N-ethyl adjacent to an activating group) is 1. The van der Waals surface area contributed by atoms with E-state index in [1.54, 1.807) is 12.1 Å². The van der Waals surface area contributed by atoms with Crippen LogP contribution in [-0.2, 0) is 43.2 Å². The molecule has 53 heavy (non-hydrogen) atoms. The molecular weight excluding hydrogens is 699 g/mol. The van der Waals surface area contributed by atoms with Gasteiger partial charge in [0.1, 0.15) is 23.9 Å². The molecule has 1 saturated heterocycles. The summed E-state index contributed by atoms with van der Waals surface area (Å²) >= 11 is 0. The predicted octanol–water partition coefficient (Wildman–Crippen LogP) is 1.79. The highest BCUT2D eigenvalue weighted by atomic mass is 19.4. The van der Waals surface area contributed by atoms with Crippen molar-refractivity contribution in [1.82, 2.24) is 20.4 Å². The number of aliphatic hydroxyl groups is 1. The maximum Gasteiger partial charge on any atom is 0.490 e. The van der Waals surface area contributed by atoms with Crippen molar-refractivity contribution in [2.75, 3.05) is 26.7 Å². The number of aromatic hydroxyl groups is 1. The number of phenols is 1. The van der Waals surface area contributed by atoms with E-state index in [1.165, 1.54) is 29.0 Å². The zero-order chi connectivity index (χ0) is 39.1. The largest absolute Gasteiger partial charge is 0.508 e. The van der Waals surface area contributed by atoms with Gasteiger partial charge in [0, 0.05) is 33.0 Å². The lowest BCUT2D eigenvalue weighted by atomic mass is 10.0. The summed E-state index contributed by atoms with van der Waals surface area (Å²) in [5.74, 6) is -4.35. The average Bonchev–Trinajstić information content (AvgIpc) is 3.64. The van der Waals surface area contributed by atoms with Crippen molar-refractivity contribution in [2.24, 2.45) is 5.73 Å². The van der Waals surface area contributed by atoms with Gasteiger partial charge in [0.15, 0.2) is 0 Å². The average molecular weight is 744 g/mol. The van der Waals surface area contributed by atoms with Gasteiger partial charge in [-0.15, -0.1) is 0 Å². The number of likely N-dealkylation sites (tertiary alicyclic amines) is 1. The number of carbonyl (C=O) groups is 5. The Bertz CT molecular complexity index is 1660. The van der Waals surface area contributed by atoms with Gasteiger partial charge in [0.25, 0.3) is 0 Å². The SMILES string of the molecule is CN(C(=O)[C@H](Cc1ccccc1)NC(=O)[C@@H]1CCCN1C(=O)[C@@H](N)Cc1ccc(O)cc1)[C@@H](Cc1ccccc1)C(=O)NCCO.O=C(O)C(F)(F)F. The molecule has 3 aromatic rings. The van der Waals surface area contributed by atoms with E-state index >= 15 is 0 Å². The Morgan fingerprint density at radius 1 is 0.887 bits per heavy atom. The fourth-order valence-electron chi connectivity index (χ4n) is 5.75. The van der Waals surface area contributed by atoms with E-state index in [2.05, 4.69) is 10.6 Å². The summed E-state index contributed by atoms with van der Waals surface area (Å²) in [6, 6.07) is 21.4. The summed E-state index contributed by atoms with van der Waals surface area (Å²) in [6.45, 7) is 0.154. The van der Waals surface area contributed by atoms with Crippen LogP contribution in [0.5, 0.6) is 5.75 Å². The minimum absolute atomic E-state index is 0.0385. The molecule has 16 heteroatoms. The highest BCUT2D eigenvalue weighted by molar-refractivity contribution is 5.95. The van der Waals surface area contributed by atoms with Crippen LogP contribution in [0.1, 0.15) is 29.5 Å². The van der Waals surface area contributed by atoms with Crippen LogP contribution in [0, 0.1) is 0 Å². The van der Waals surface area contributed by atoms with E-state index in [1.807, 2.05) is 60.7 Å². The minimum atomic E-state index is -5.08. The zero-order valence-corrected chi connectivity index (χ0v) is 29.0. The number of aliphatic carboxylic acids is 1. The standard InChI is InChI=1S/C35H43N5O6.C2HF3O2/c1-39(31(32(43)37-18-20-41)23-25-11-6-3-7-12-25)35(46)29(22-24-9-4-2-5-10-24)38-33(44)30-13-8-19-40(30)34(45)28(36)21-26-14-16-27(42)17-15-26;3-2(4,5)1(6)7/h2-7,9-12,14-17,28-31,41-42H,8,13,18-23,36H2,1H3,(H,37,43)(H,38,44);(H,6,7)/t28-,29-,30-,31-;/m0./s1. The van der Waals surface area contributed by atoms with Gasteiger partial charge in [-0.3, -0.25) is 19.2 Å². The van der Waals surface area contributed by atoms with Gasteiger partial charge in [-0.2, -0.15) is 13.2 Å². The number of phenolic OH excluding ortho intramolecular Hbond substituents is 1. The number of carbonyl (C=O) groups excluding carboxylic acids is 4. The van der Waals surface area contributed by atoms with Crippen LogP contribution in [-0.4, -0.2) is 112 Å². The van der Waals surface area contributed by atoms with Crippen molar-refractivity contribution in [3.05, 3.63) is 102 Å². The van der Waals surface area contributed by atoms with Crippen LogP contribution in [0.2, 0.25) is 0 Å². The van der Waals surface area contributed by atoms with Crippen LogP contribution in [0.15, 0.2) is 84.9 Å². The van der Waals surface area contributed by atoms with Gasteiger partial charge in [0.2, 0.25) is 23.6 Å². The van der Waals surface area contributed by atoms with E-state index in [9.17, 15) is 42.6 Å². The summed E-state index contributed by atoms with van der Waals surface area (Å²) in [7, 11) is 1.53. The number of carboxylic acid groups (broad SMARTS) is 1. The van der Waals surface area contributed by atoms with Crippen LogP contribution >= 0.6 is 0 Å². The number of hydrogen-bond acceptors (Lipinski definition) is 8. The maximum absolute atomic E-state index is 14.1. The molecule has 0 aromatic heterocycles. The number of nitrogens with two attached hydrogens (primary N) is 1. The second-order valence-corrected chi connectivity index (χ2v) is 12.4. The lowest BCUT2D eigenvalue weighted by molar-refractivity contribution is -0.192. The van der Waals surface area contributed by atoms with E-state index in [0.717, 1.165) is 16.7 Å². The van der Waals surface area contributed by atoms with Gasteiger partial charge in [0.05, 0.1) is 12.6 Å². The Labute approximate surface area is 304 Å². The first-order valence-corrected chi connectivity index (χ1v) is 16.8. The van der Waals surface area contributed by atoms with E-state index in [-0.39, 0.29) is 44.1 Å². The van der Waals surface area contributed by atoms with Gasteiger partial charge >= 0.3 is 12.1 Å². The van der Waals surface area contributed by atoms with Crippen LogP contribution < -0.4 is 16.4 Å². The lowest BCUT2D eigenvalue weighted by Crippen LogP contribution is -2.58. The molecule has 4 amide bonds. The number of nitrogens with one attached hydrogen (secondary N) is 2. The van der Waals surface area contributed by atoms with Crippen molar-refractivity contribution in [3.63, 3.8) is 0 Å². The number of carboxylic acids is 1. The smallest absolute Gasteiger partial charge is 0.490 e. The first-order valence-electron chi connectivity index (χ1n) is 16.8. The van der Waals surface area contributed by atoms with E-state index < -0.39 is 54.0 Å². The Kier molecular flexibility index (Phi) is 15.8. The molecule has 4 rings (SSSR count). The first kappa shape index (κ1) is 41.9. The third-order valence-corrected chi connectivity index (χ3v) is 8.49. The maximum atomic E-state index is 14.1. The molecule has 0 saturated carbocycles. The molecule has 286 valence electrons. The Hall–Kier alpha value is -5.48. The third-order valence-electron chi connectivity index (χ3n) is 8.49. The molecule has 0 aliphatic carbocycles. The van der Waals surface area contributed by atoms with Gasteiger partial charge in [-0.25, -0.2) is 4.79 Å². The summed E-state index contributed by atoms with van der Waals surface area (Å²) < 4.78 is 31.7. The molecule has 13 nitrogen and oxygen atoms in total. The van der Waals surface area contributed by atoms with Crippen molar-refractivity contribution in [2.45, 2.75) is 62.4 Å². The number of halogens is 3. The fourth-order valence-corrected chi connectivity index (χ4v) is 5.75. The van der Waals surface area contributed by atoms with E-state index in [0.29, 0.717) is 19.4 Å². The first-order chi connectivity index (χ1) is 25.1. The number of nitrogens with zero attached hydrogens (tertiary/aromatic N) is 2. The molecule has 7 N–H and O–H groups in total. The Morgan fingerprint density at radius 2 is 1.42 bits per heavy atom. The monoisotopic (exact) mass is 743 g/mol. The van der Waals surface area contributed by atoms with Crippen molar-refractivity contribution >= 4 is 29.6 Å². The number of amides is 4. The Morgan fingerprint density at radius 3 is 1.94 bits per heavy atom. The molecule has 0 spiro atoms. The topological polar surface area (TPSA) is 203 Å². The van der Waals surface area contributed by atoms with Crippen molar-refractivity contribution in [1.29, 1.82) is 0 Å². The fraction of sp³-hybridized carbons (Fsp3) is 0.378. The van der Waals surface area contributed by atoms with Crippen LogP contribution in [0.4, 0.5) is 13.2 Å². The van der Waals surface area contributed by atoms with E-state index in [4.69, 9.17) is 15.6 Å². The summed E-state index contributed by atoms with van der Waals surface area (Å²) in [6.07, 6.45) is -3.41. The number of aliphatic hydroxyl groups excluding tert-OH is 1. The minimum Gasteiger partial charge on any atom is -0.508 e. The predicted molar refractivity (Wildman–Crippen MR) is 187 cm³/mol. The van der Waals surface area contributed by atoms with Gasteiger partial charge < -0.3 is 41.5 Å². The molecule has 1 aliphatic heterocycles. The molecule has 0 bridgehead atoms. The second-order valence-electron chi connectivity index (χ2n) is 12.4. The normalized spacial score (nSPS) is 15.6. The highest BCUT2D eigenvalue weighted by Gasteiger charge is 2.40. The highest BCUT2D eigenvalue weighted by Crippen LogP contribution is 2.21.